The maximum Gasteiger partial charge on any atom is 0.0687 e. The molecular formula is C13H22O. The van der Waals surface area contributed by atoms with Crippen LogP contribution >= 0.6 is 0 Å². The average molecular weight is 194 g/mol. The molecule has 0 heterocycles. The van der Waals surface area contributed by atoms with Gasteiger partial charge in [-0.25, -0.2) is 0 Å². The van der Waals surface area contributed by atoms with Crippen molar-refractivity contribution in [1.29, 1.82) is 0 Å². The highest BCUT2D eigenvalue weighted by Gasteiger charge is 2.30. The molecule has 2 aliphatic rings. The Morgan fingerprint density at radius 1 is 1.14 bits per heavy atom. The summed E-state index contributed by atoms with van der Waals surface area (Å²) in [6.45, 7) is 0. The predicted octanol–water partition coefficient (Wildman–Crippen LogP) is 3.43. The summed E-state index contributed by atoms with van der Waals surface area (Å²) in [5.74, 6) is 0.806. The van der Waals surface area contributed by atoms with Crippen LogP contribution in [-0.4, -0.2) is 10.7 Å². The average Bonchev–Trinajstić information content (AvgIpc) is 2.19. The van der Waals surface area contributed by atoms with E-state index in [9.17, 15) is 5.11 Å². The molecule has 1 heteroatoms. The van der Waals surface area contributed by atoms with Gasteiger partial charge >= 0.3 is 0 Å². The first-order valence-corrected chi connectivity index (χ1v) is 6.16. The van der Waals surface area contributed by atoms with E-state index in [1.807, 2.05) is 0 Å². The molecule has 0 saturated heterocycles. The van der Waals surface area contributed by atoms with E-state index in [1.165, 1.54) is 32.1 Å². The fraction of sp³-hybridized carbons (Fsp3) is 0.846. The summed E-state index contributed by atoms with van der Waals surface area (Å²) in [6, 6.07) is 0. The molecular weight excluding hydrogens is 172 g/mol. The van der Waals surface area contributed by atoms with Crippen molar-refractivity contribution in [3.8, 4) is 0 Å². The van der Waals surface area contributed by atoms with Crippen LogP contribution in [0.3, 0.4) is 0 Å². The van der Waals surface area contributed by atoms with Crippen molar-refractivity contribution >= 4 is 0 Å². The normalized spacial score (nSPS) is 34.6. The Balaban J connectivity index is 1.85. The van der Waals surface area contributed by atoms with Crippen LogP contribution in [0.5, 0.6) is 0 Å². The lowest BCUT2D eigenvalue weighted by atomic mass is 9.76. The number of aliphatic hydroxyl groups is 1. The third-order valence-electron chi connectivity index (χ3n) is 3.83. The predicted molar refractivity (Wildman–Crippen MR) is 59.1 cm³/mol. The lowest BCUT2D eigenvalue weighted by Crippen LogP contribution is -2.32. The molecule has 2 rings (SSSR count). The van der Waals surface area contributed by atoms with Crippen molar-refractivity contribution in [2.24, 2.45) is 5.92 Å². The van der Waals surface area contributed by atoms with Gasteiger partial charge in [0, 0.05) is 0 Å². The molecule has 80 valence electrons. The zero-order chi connectivity index (χ0) is 9.86. The van der Waals surface area contributed by atoms with Gasteiger partial charge < -0.3 is 5.11 Å². The summed E-state index contributed by atoms with van der Waals surface area (Å²) in [5, 5.41) is 10.4. The van der Waals surface area contributed by atoms with Crippen LogP contribution in [-0.2, 0) is 0 Å². The number of hydrogen-bond donors (Lipinski definition) is 1. The number of rotatable bonds is 2. The molecule has 1 N–H and O–H groups in total. The molecule has 2 aliphatic carbocycles. The van der Waals surface area contributed by atoms with Crippen LogP contribution in [0.15, 0.2) is 12.2 Å². The minimum Gasteiger partial charge on any atom is -0.390 e. The van der Waals surface area contributed by atoms with E-state index in [0.717, 1.165) is 31.6 Å². The van der Waals surface area contributed by atoms with Gasteiger partial charge in [0.25, 0.3) is 0 Å². The highest BCUT2D eigenvalue weighted by atomic mass is 16.3. The first-order chi connectivity index (χ1) is 6.79. The molecule has 0 amide bonds. The van der Waals surface area contributed by atoms with E-state index in [0.29, 0.717) is 0 Å². The monoisotopic (exact) mass is 194 g/mol. The van der Waals surface area contributed by atoms with Crippen LogP contribution in [0.4, 0.5) is 0 Å². The maximum atomic E-state index is 10.4. The summed E-state index contributed by atoms with van der Waals surface area (Å²) >= 11 is 0. The molecule has 1 atom stereocenters. The Morgan fingerprint density at radius 2 is 1.93 bits per heavy atom. The number of allylic oxidation sites excluding steroid dienone is 1. The van der Waals surface area contributed by atoms with Gasteiger partial charge in [0.15, 0.2) is 0 Å². The zero-order valence-corrected chi connectivity index (χ0v) is 9.04. The molecule has 0 radical (unpaired) electrons. The first-order valence-electron chi connectivity index (χ1n) is 6.16. The van der Waals surface area contributed by atoms with Gasteiger partial charge in [-0.1, -0.05) is 44.3 Å². The Hall–Kier alpha value is -0.300. The van der Waals surface area contributed by atoms with E-state index >= 15 is 0 Å². The largest absolute Gasteiger partial charge is 0.390 e. The fourth-order valence-electron chi connectivity index (χ4n) is 2.99. The molecule has 1 fully saturated rings. The Morgan fingerprint density at radius 3 is 2.57 bits per heavy atom. The summed E-state index contributed by atoms with van der Waals surface area (Å²) in [7, 11) is 0. The Labute approximate surface area is 87.2 Å². The molecule has 0 bridgehead atoms. The third kappa shape index (κ3) is 2.60. The molecule has 0 spiro atoms. The Bertz CT molecular complexity index is 203. The quantitative estimate of drug-likeness (QED) is 0.668. The summed E-state index contributed by atoms with van der Waals surface area (Å²) < 4.78 is 0. The van der Waals surface area contributed by atoms with Gasteiger partial charge in [-0.05, 0) is 31.6 Å². The second-order valence-electron chi connectivity index (χ2n) is 5.15. The van der Waals surface area contributed by atoms with Crippen molar-refractivity contribution in [1.82, 2.24) is 0 Å². The van der Waals surface area contributed by atoms with Crippen molar-refractivity contribution in [2.45, 2.75) is 63.4 Å². The smallest absolute Gasteiger partial charge is 0.0687 e. The molecule has 14 heavy (non-hydrogen) atoms. The molecule has 0 aromatic carbocycles. The van der Waals surface area contributed by atoms with Crippen molar-refractivity contribution in [3.05, 3.63) is 12.2 Å². The lowest BCUT2D eigenvalue weighted by Gasteiger charge is -2.34. The molecule has 1 unspecified atom stereocenters. The molecule has 1 saturated carbocycles. The molecule has 0 aliphatic heterocycles. The first kappa shape index (κ1) is 10.2. The molecule has 0 aromatic rings. The maximum absolute atomic E-state index is 10.4. The van der Waals surface area contributed by atoms with E-state index in [-0.39, 0.29) is 5.60 Å². The SMILES string of the molecule is OC1(CC2CCCCC2)CC=CCC1. The number of hydrogen-bond acceptors (Lipinski definition) is 1. The van der Waals surface area contributed by atoms with Gasteiger partial charge in [-0.2, -0.15) is 0 Å². The van der Waals surface area contributed by atoms with Gasteiger partial charge in [0.2, 0.25) is 0 Å². The van der Waals surface area contributed by atoms with Gasteiger partial charge in [0.05, 0.1) is 5.60 Å². The van der Waals surface area contributed by atoms with Crippen LogP contribution < -0.4 is 0 Å². The van der Waals surface area contributed by atoms with Crippen LogP contribution in [0.25, 0.3) is 0 Å². The van der Waals surface area contributed by atoms with Crippen LogP contribution in [0, 0.1) is 5.92 Å². The summed E-state index contributed by atoms with van der Waals surface area (Å²) in [6.07, 6.45) is 15.3. The van der Waals surface area contributed by atoms with Crippen LogP contribution in [0.2, 0.25) is 0 Å². The molecule has 0 aromatic heterocycles. The van der Waals surface area contributed by atoms with Gasteiger partial charge in [-0.3, -0.25) is 0 Å². The lowest BCUT2D eigenvalue weighted by molar-refractivity contribution is 0.00212. The minimum atomic E-state index is -0.350. The van der Waals surface area contributed by atoms with E-state index in [2.05, 4.69) is 12.2 Å². The highest BCUT2D eigenvalue weighted by molar-refractivity contribution is 4.99. The summed E-state index contributed by atoms with van der Waals surface area (Å²) in [5.41, 5.74) is -0.350. The van der Waals surface area contributed by atoms with E-state index in [1.54, 1.807) is 0 Å². The molecule has 1 nitrogen and oxygen atoms in total. The van der Waals surface area contributed by atoms with Crippen molar-refractivity contribution < 1.29 is 5.11 Å². The van der Waals surface area contributed by atoms with E-state index in [4.69, 9.17) is 0 Å². The highest BCUT2D eigenvalue weighted by Crippen LogP contribution is 2.35. The minimum absolute atomic E-state index is 0.350. The topological polar surface area (TPSA) is 20.2 Å². The summed E-state index contributed by atoms with van der Waals surface area (Å²) in [4.78, 5) is 0. The fourth-order valence-corrected chi connectivity index (χ4v) is 2.99. The Kier molecular flexibility index (Phi) is 3.27. The van der Waals surface area contributed by atoms with Crippen molar-refractivity contribution in [3.63, 3.8) is 0 Å². The third-order valence-corrected chi connectivity index (χ3v) is 3.83. The van der Waals surface area contributed by atoms with E-state index < -0.39 is 0 Å². The van der Waals surface area contributed by atoms with Crippen molar-refractivity contribution in [2.75, 3.05) is 0 Å². The van der Waals surface area contributed by atoms with Gasteiger partial charge in [0.1, 0.15) is 0 Å². The van der Waals surface area contributed by atoms with Gasteiger partial charge in [-0.15, -0.1) is 0 Å². The second-order valence-corrected chi connectivity index (χ2v) is 5.15. The standard InChI is InChI=1S/C13H22O/c14-13(9-5-2-6-10-13)11-12-7-3-1-4-8-12/h2,5,12,14H,1,3-4,6-11H2. The zero-order valence-electron chi connectivity index (χ0n) is 9.04. The van der Waals surface area contributed by atoms with Crippen LogP contribution in [0.1, 0.15) is 57.8 Å². The second kappa shape index (κ2) is 4.48.